The molecule has 0 amide bonds. The van der Waals surface area contributed by atoms with Crippen LogP contribution in [0.3, 0.4) is 0 Å². The van der Waals surface area contributed by atoms with Gasteiger partial charge in [0.1, 0.15) is 5.60 Å². The summed E-state index contributed by atoms with van der Waals surface area (Å²) in [5, 5.41) is 0. The van der Waals surface area contributed by atoms with E-state index in [-0.39, 0.29) is 5.92 Å². The second-order valence-electron chi connectivity index (χ2n) is 8.55. The highest BCUT2D eigenvalue weighted by atomic mass is 16.5. The van der Waals surface area contributed by atoms with Gasteiger partial charge >= 0.3 is 0 Å². The van der Waals surface area contributed by atoms with Gasteiger partial charge in [-0.1, -0.05) is 91.0 Å². The first kappa shape index (κ1) is 17.7. The van der Waals surface area contributed by atoms with Crippen molar-refractivity contribution in [3.63, 3.8) is 0 Å². The van der Waals surface area contributed by atoms with E-state index < -0.39 is 5.60 Å². The Balaban J connectivity index is 1.80. The lowest BCUT2D eigenvalue weighted by molar-refractivity contribution is -0.0184. The van der Waals surface area contributed by atoms with Crippen molar-refractivity contribution in [3.05, 3.63) is 130 Å². The van der Waals surface area contributed by atoms with Crippen LogP contribution in [0.15, 0.2) is 91.0 Å². The molecule has 1 nitrogen and oxygen atoms in total. The van der Waals surface area contributed by atoms with E-state index in [0.717, 1.165) is 0 Å². The molecule has 4 aromatic carbocycles. The van der Waals surface area contributed by atoms with Crippen LogP contribution in [0.4, 0.5) is 0 Å². The van der Waals surface area contributed by atoms with Crippen molar-refractivity contribution < 1.29 is 4.74 Å². The number of aryl methyl sites for hydroxylation is 1. The van der Waals surface area contributed by atoms with E-state index >= 15 is 0 Å². The van der Waals surface area contributed by atoms with E-state index in [1.807, 2.05) is 0 Å². The first-order valence-corrected chi connectivity index (χ1v) is 10.7. The highest BCUT2D eigenvalue weighted by molar-refractivity contribution is 5.83. The summed E-state index contributed by atoms with van der Waals surface area (Å²) in [6.45, 7) is 5.13. The summed E-state index contributed by atoms with van der Waals surface area (Å²) in [6.07, 6.45) is 0. The van der Waals surface area contributed by atoms with Crippen LogP contribution >= 0.6 is 0 Å². The SMILES string of the molecule is Cc1cc2c3c(c1C)-c1ccccc1[C@@H](c1ccccc1)[C@@]3(c1ccccc1)OC2. The lowest BCUT2D eigenvalue weighted by Gasteiger charge is -2.44. The molecule has 30 heavy (non-hydrogen) atoms. The van der Waals surface area contributed by atoms with Gasteiger partial charge in [-0.15, -0.1) is 0 Å². The topological polar surface area (TPSA) is 9.23 Å². The molecule has 6 rings (SSSR count). The van der Waals surface area contributed by atoms with Crippen LogP contribution in [0.5, 0.6) is 0 Å². The van der Waals surface area contributed by atoms with E-state index in [9.17, 15) is 0 Å². The molecule has 0 spiro atoms. The van der Waals surface area contributed by atoms with Gasteiger partial charge in [-0.3, -0.25) is 0 Å². The average molecular weight is 389 g/mol. The quantitative estimate of drug-likeness (QED) is 0.363. The first-order chi connectivity index (χ1) is 14.7. The van der Waals surface area contributed by atoms with Crippen molar-refractivity contribution in [1.29, 1.82) is 0 Å². The lowest BCUT2D eigenvalue weighted by Crippen LogP contribution is -2.38. The van der Waals surface area contributed by atoms with E-state index in [1.165, 1.54) is 50.1 Å². The van der Waals surface area contributed by atoms with Crippen LogP contribution in [0.25, 0.3) is 11.1 Å². The van der Waals surface area contributed by atoms with Crippen molar-refractivity contribution in [1.82, 2.24) is 0 Å². The molecule has 0 unspecified atom stereocenters. The molecule has 0 radical (unpaired) electrons. The minimum Gasteiger partial charge on any atom is -0.360 e. The van der Waals surface area contributed by atoms with Crippen molar-refractivity contribution in [2.45, 2.75) is 32.0 Å². The second-order valence-corrected chi connectivity index (χ2v) is 8.55. The van der Waals surface area contributed by atoms with E-state index in [4.69, 9.17) is 4.74 Å². The molecule has 0 saturated heterocycles. The molecule has 0 saturated carbocycles. The van der Waals surface area contributed by atoms with Gasteiger partial charge in [0.25, 0.3) is 0 Å². The monoisotopic (exact) mass is 388 g/mol. The summed E-state index contributed by atoms with van der Waals surface area (Å²) in [5.74, 6) is 0.105. The van der Waals surface area contributed by atoms with Crippen LogP contribution in [-0.2, 0) is 16.9 Å². The zero-order valence-electron chi connectivity index (χ0n) is 17.4. The molecule has 2 atom stereocenters. The molecule has 0 fully saturated rings. The third-order valence-electron chi connectivity index (χ3n) is 7.04. The Kier molecular flexibility index (Phi) is 3.78. The van der Waals surface area contributed by atoms with Gasteiger partial charge < -0.3 is 4.74 Å². The summed E-state index contributed by atoms with van der Waals surface area (Å²) < 4.78 is 6.91. The third kappa shape index (κ3) is 2.21. The summed E-state index contributed by atoms with van der Waals surface area (Å²) >= 11 is 0. The van der Waals surface area contributed by atoms with Crippen LogP contribution in [0.1, 0.15) is 44.9 Å². The van der Waals surface area contributed by atoms with Gasteiger partial charge in [0.2, 0.25) is 0 Å². The van der Waals surface area contributed by atoms with Gasteiger partial charge in [-0.2, -0.15) is 0 Å². The van der Waals surface area contributed by atoms with Crippen LogP contribution < -0.4 is 0 Å². The molecule has 0 N–H and O–H groups in total. The van der Waals surface area contributed by atoms with E-state index in [0.29, 0.717) is 6.61 Å². The fourth-order valence-electron chi connectivity index (χ4n) is 5.69. The Bertz CT molecular complexity index is 1260. The number of benzene rings is 4. The molecule has 1 heterocycles. The van der Waals surface area contributed by atoms with Crippen molar-refractivity contribution in [2.75, 3.05) is 0 Å². The van der Waals surface area contributed by atoms with Crippen LogP contribution in [0.2, 0.25) is 0 Å². The smallest absolute Gasteiger partial charge is 0.130 e. The van der Waals surface area contributed by atoms with Crippen LogP contribution in [0, 0.1) is 13.8 Å². The Morgan fingerprint density at radius 1 is 0.800 bits per heavy atom. The average Bonchev–Trinajstić information content (AvgIpc) is 3.17. The highest BCUT2D eigenvalue weighted by Crippen LogP contribution is 2.61. The van der Waals surface area contributed by atoms with Gasteiger partial charge in [0.05, 0.1) is 6.61 Å². The number of hydrogen-bond acceptors (Lipinski definition) is 1. The van der Waals surface area contributed by atoms with Gasteiger partial charge in [0.15, 0.2) is 0 Å². The summed E-state index contributed by atoms with van der Waals surface area (Å²) in [7, 11) is 0. The molecule has 4 aromatic rings. The number of ether oxygens (including phenoxy) is 1. The fourth-order valence-corrected chi connectivity index (χ4v) is 5.69. The van der Waals surface area contributed by atoms with Gasteiger partial charge in [0, 0.05) is 11.5 Å². The Morgan fingerprint density at radius 2 is 1.47 bits per heavy atom. The molecule has 1 heteroatoms. The van der Waals surface area contributed by atoms with E-state index in [1.54, 1.807) is 0 Å². The molecule has 0 aromatic heterocycles. The molecule has 0 bridgehead atoms. The minimum atomic E-state index is -0.514. The maximum Gasteiger partial charge on any atom is 0.130 e. The zero-order chi connectivity index (χ0) is 20.3. The predicted molar refractivity (Wildman–Crippen MR) is 122 cm³/mol. The van der Waals surface area contributed by atoms with Crippen molar-refractivity contribution >= 4 is 0 Å². The van der Waals surface area contributed by atoms with Gasteiger partial charge in [-0.25, -0.2) is 0 Å². The number of hydrogen-bond donors (Lipinski definition) is 0. The maximum absolute atomic E-state index is 6.91. The Labute approximate surface area is 178 Å². The molecule has 1 aliphatic carbocycles. The summed E-state index contributed by atoms with van der Waals surface area (Å²) in [4.78, 5) is 0. The summed E-state index contributed by atoms with van der Waals surface area (Å²) in [5.41, 5.74) is 11.5. The third-order valence-corrected chi connectivity index (χ3v) is 7.04. The van der Waals surface area contributed by atoms with E-state index in [2.05, 4.69) is 105 Å². The van der Waals surface area contributed by atoms with Gasteiger partial charge in [-0.05, 0) is 58.4 Å². The van der Waals surface area contributed by atoms with Crippen molar-refractivity contribution in [2.24, 2.45) is 0 Å². The zero-order valence-corrected chi connectivity index (χ0v) is 17.4. The van der Waals surface area contributed by atoms with Crippen LogP contribution in [-0.4, -0.2) is 0 Å². The summed E-state index contributed by atoms with van der Waals surface area (Å²) in [6, 6.07) is 33.0. The standard InChI is InChI=1S/C29H24O/c1-19-17-22-18-30-29(23-13-7-4-8-14-23)27(21-11-5-3-6-12-21)25-16-10-9-15-24(25)26(20(19)2)28(22)29/h3-17,27H,18H2,1-2H3/t27-,29-/m1/s1. The van der Waals surface area contributed by atoms with Crippen molar-refractivity contribution in [3.8, 4) is 11.1 Å². The normalized spacial score (nSPS) is 21.2. The molecule has 146 valence electrons. The number of fused-ring (bicyclic) bond motifs is 2. The maximum atomic E-state index is 6.91. The first-order valence-electron chi connectivity index (χ1n) is 10.7. The molecular weight excluding hydrogens is 364 g/mol. The lowest BCUT2D eigenvalue weighted by atomic mass is 9.62. The number of rotatable bonds is 2. The molecular formula is C29H24O. The largest absolute Gasteiger partial charge is 0.360 e. The predicted octanol–water partition coefficient (Wildman–Crippen LogP) is 6.89. The highest BCUT2D eigenvalue weighted by Gasteiger charge is 2.54. The minimum absolute atomic E-state index is 0.105. The Hall–Kier alpha value is -3.16. The fraction of sp³-hybridized carbons (Fsp3) is 0.172. The Morgan fingerprint density at radius 3 is 2.23 bits per heavy atom. The molecule has 1 aliphatic heterocycles. The second kappa shape index (κ2) is 6.42. The molecule has 2 aliphatic rings.